The normalized spacial score (nSPS) is 14.5. The van der Waals surface area contributed by atoms with Gasteiger partial charge in [-0.1, -0.05) is 36.2 Å². The fourth-order valence-electron chi connectivity index (χ4n) is 4.40. The molecule has 1 aliphatic rings. The van der Waals surface area contributed by atoms with Gasteiger partial charge >= 0.3 is 0 Å². The number of carbonyl (C=O) groups is 1. The standard InChI is InChI=1S/C27H30ClN3O6S2/c1-20-8-4-5-9-25(20)31(39(35,36)22-12-10-21(28)11-13-22)19-27(32)29-24-18-23(14-15-26(24)37-2)38(33,34)30-16-6-3-7-17-30/h4-5,8-15,18H,3,6-7,16-17,19H2,1-2H3,(H,29,32). The number of amides is 1. The van der Waals surface area contributed by atoms with Crippen molar-refractivity contribution in [1.82, 2.24) is 4.31 Å². The maximum Gasteiger partial charge on any atom is 0.264 e. The minimum Gasteiger partial charge on any atom is -0.495 e. The first-order valence-electron chi connectivity index (χ1n) is 12.4. The Morgan fingerprint density at radius 3 is 2.23 bits per heavy atom. The van der Waals surface area contributed by atoms with E-state index in [0.717, 1.165) is 23.6 Å². The highest BCUT2D eigenvalue weighted by Gasteiger charge is 2.30. The van der Waals surface area contributed by atoms with Gasteiger partial charge in [0, 0.05) is 18.1 Å². The number of piperidine rings is 1. The van der Waals surface area contributed by atoms with Crippen molar-refractivity contribution >= 4 is 48.9 Å². The summed E-state index contributed by atoms with van der Waals surface area (Å²) in [6, 6.07) is 16.7. The van der Waals surface area contributed by atoms with Crippen LogP contribution in [0.25, 0.3) is 0 Å². The molecule has 1 fully saturated rings. The molecule has 0 unspecified atom stereocenters. The first-order chi connectivity index (χ1) is 18.5. The van der Waals surface area contributed by atoms with Crippen LogP contribution in [-0.2, 0) is 24.8 Å². The van der Waals surface area contributed by atoms with Gasteiger partial charge in [-0.25, -0.2) is 16.8 Å². The van der Waals surface area contributed by atoms with Gasteiger partial charge in [0.15, 0.2) is 0 Å². The summed E-state index contributed by atoms with van der Waals surface area (Å²) in [6.07, 6.45) is 2.55. The summed E-state index contributed by atoms with van der Waals surface area (Å²) in [5.41, 5.74) is 1.10. The van der Waals surface area contributed by atoms with Gasteiger partial charge in [-0.05, 0) is 73.9 Å². The molecule has 9 nitrogen and oxygen atoms in total. The zero-order chi connectivity index (χ0) is 28.2. The molecule has 0 aromatic heterocycles. The molecule has 3 aromatic rings. The van der Waals surface area contributed by atoms with Gasteiger partial charge in [-0.3, -0.25) is 9.10 Å². The third-order valence-corrected chi connectivity index (χ3v) is 10.4. The predicted octanol–water partition coefficient (Wildman–Crippen LogP) is 4.67. The van der Waals surface area contributed by atoms with Gasteiger partial charge in [-0.2, -0.15) is 4.31 Å². The highest BCUT2D eigenvalue weighted by atomic mass is 35.5. The molecule has 0 atom stereocenters. The Bertz CT molecular complexity index is 1550. The number of methoxy groups -OCH3 is 1. The van der Waals surface area contributed by atoms with E-state index < -0.39 is 32.5 Å². The number of ether oxygens (including phenoxy) is 1. The molecular formula is C27H30ClN3O6S2. The SMILES string of the molecule is COc1ccc(S(=O)(=O)N2CCCCC2)cc1NC(=O)CN(c1ccccc1C)S(=O)(=O)c1ccc(Cl)cc1. The molecule has 0 aliphatic carbocycles. The zero-order valence-corrected chi connectivity index (χ0v) is 24.0. The molecule has 1 heterocycles. The molecule has 1 N–H and O–H groups in total. The van der Waals surface area contributed by atoms with Crippen molar-refractivity contribution in [2.24, 2.45) is 0 Å². The summed E-state index contributed by atoms with van der Waals surface area (Å²) in [7, 11) is -6.54. The number of benzene rings is 3. The van der Waals surface area contributed by atoms with Gasteiger partial charge in [0.25, 0.3) is 10.0 Å². The number of nitrogens with one attached hydrogen (secondary N) is 1. The van der Waals surface area contributed by atoms with Crippen LogP contribution in [0.4, 0.5) is 11.4 Å². The van der Waals surface area contributed by atoms with Crippen LogP contribution in [0, 0.1) is 6.92 Å². The maximum absolute atomic E-state index is 13.7. The number of carbonyl (C=O) groups excluding carboxylic acids is 1. The number of rotatable bonds is 9. The summed E-state index contributed by atoms with van der Waals surface area (Å²) in [5, 5.41) is 3.03. The number of hydrogen-bond donors (Lipinski definition) is 1. The van der Waals surface area contributed by atoms with Crippen molar-refractivity contribution in [3.63, 3.8) is 0 Å². The highest BCUT2D eigenvalue weighted by Crippen LogP contribution is 2.31. The Morgan fingerprint density at radius 1 is 0.949 bits per heavy atom. The number of sulfonamides is 2. The van der Waals surface area contributed by atoms with Crippen LogP contribution < -0.4 is 14.4 Å². The largest absolute Gasteiger partial charge is 0.495 e. The average Bonchev–Trinajstić information content (AvgIpc) is 2.93. The summed E-state index contributed by atoms with van der Waals surface area (Å²) < 4.78 is 61.5. The lowest BCUT2D eigenvalue weighted by Gasteiger charge is -2.27. The fourth-order valence-corrected chi connectivity index (χ4v) is 7.55. The lowest BCUT2D eigenvalue weighted by Crippen LogP contribution is -2.38. The number of para-hydroxylation sites is 1. The summed E-state index contributed by atoms with van der Waals surface area (Å²) >= 11 is 5.95. The molecular weight excluding hydrogens is 562 g/mol. The van der Waals surface area contributed by atoms with Crippen LogP contribution in [0.5, 0.6) is 5.75 Å². The molecule has 0 radical (unpaired) electrons. The average molecular weight is 592 g/mol. The van der Waals surface area contributed by atoms with Crippen molar-refractivity contribution in [1.29, 1.82) is 0 Å². The third-order valence-electron chi connectivity index (χ3n) is 6.47. The molecule has 0 spiro atoms. The Balaban J connectivity index is 1.66. The van der Waals surface area contributed by atoms with E-state index in [2.05, 4.69) is 5.32 Å². The highest BCUT2D eigenvalue weighted by molar-refractivity contribution is 7.92. The quantitative estimate of drug-likeness (QED) is 0.387. The van der Waals surface area contributed by atoms with Gasteiger partial charge in [-0.15, -0.1) is 0 Å². The van der Waals surface area contributed by atoms with E-state index in [1.54, 1.807) is 31.2 Å². The maximum atomic E-state index is 13.7. The van der Waals surface area contributed by atoms with Crippen molar-refractivity contribution < 1.29 is 26.4 Å². The Hall–Kier alpha value is -3.12. The number of aryl methyl sites for hydroxylation is 1. The molecule has 3 aromatic carbocycles. The van der Waals surface area contributed by atoms with Crippen molar-refractivity contribution in [2.75, 3.05) is 36.4 Å². The third kappa shape index (κ3) is 6.38. The zero-order valence-electron chi connectivity index (χ0n) is 21.6. The van der Waals surface area contributed by atoms with E-state index in [4.69, 9.17) is 16.3 Å². The van der Waals surface area contributed by atoms with Crippen molar-refractivity contribution in [3.05, 3.63) is 77.3 Å². The molecule has 39 heavy (non-hydrogen) atoms. The summed E-state index contributed by atoms with van der Waals surface area (Å²) in [4.78, 5) is 13.3. The minimum atomic E-state index is -4.16. The van der Waals surface area contributed by atoms with E-state index >= 15 is 0 Å². The van der Waals surface area contributed by atoms with E-state index in [-0.39, 0.29) is 21.2 Å². The second kappa shape index (κ2) is 12.0. The first-order valence-corrected chi connectivity index (χ1v) is 15.6. The number of halogens is 1. The number of nitrogens with zero attached hydrogens (tertiary/aromatic N) is 2. The van der Waals surface area contributed by atoms with Gasteiger partial charge in [0.05, 0.1) is 28.3 Å². The second-order valence-corrected chi connectivity index (χ2v) is 13.4. The lowest BCUT2D eigenvalue weighted by atomic mass is 10.2. The molecule has 1 amide bonds. The molecule has 0 bridgehead atoms. The first kappa shape index (κ1) is 28.9. The van der Waals surface area contributed by atoms with Gasteiger partial charge in [0.2, 0.25) is 15.9 Å². The monoisotopic (exact) mass is 591 g/mol. The molecule has 1 saturated heterocycles. The van der Waals surface area contributed by atoms with Crippen LogP contribution in [-0.4, -0.2) is 53.8 Å². The number of hydrogen-bond acceptors (Lipinski definition) is 6. The van der Waals surface area contributed by atoms with Gasteiger partial charge < -0.3 is 10.1 Å². The van der Waals surface area contributed by atoms with E-state index in [1.165, 1.54) is 53.9 Å². The van der Waals surface area contributed by atoms with E-state index in [0.29, 0.717) is 29.4 Å². The van der Waals surface area contributed by atoms with Gasteiger partial charge in [0.1, 0.15) is 12.3 Å². The summed E-state index contributed by atoms with van der Waals surface area (Å²) in [5.74, 6) is -0.439. The Morgan fingerprint density at radius 2 is 1.59 bits per heavy atom. The van der Waals surface area contributed by atoms with Crippen LogP contribution in [0.2, 0.25) is 5.02 Å². The van der Waals surface area contributed by atoms with Crippen LogP contribution in [0.3, 0.4) is 0 Å². The Kier molecular flexibility index (Phi) is 8.85. The van der Waals surface area contributed by atoms with Crippen molar-refractivity contribution in [3.8, 4) is 5.75 Å². The lowest BCUT2D eigenvalue weighted by molar-refractivity contribution is -0.114. The molecule has 0 saturated carbocycles. The molecule has 4 rings (SSSR count). The molecule has 208 valence electrons. The van der Waals surface area contributed by atoms with E-state index in [9.17, 15) is 21.6 Å². The van der Waals surface area contributed by atoms with Crippen molar-refractivity contribution in [2.45, 2.75) is 36.0 Å². The topological polar surface area (TPSA) is 113 Å². The second-order valence-electron chi connectivity index (χ2n) is 9.13. The number of anilines is 2. The van der Waals surface area contributed by atoms with Crippen LogP contribution in [0.15, 0.2) is 76.5 Å². The molecule has 12 heteroatoms. The van der Waals surface area contributed by atoms with Crippen LogP contribution in [0.1, 0.15) is 24.8 Å². The van der Waals surface area contributed by atoms with Crippen LogP contribution >= 0.6 is 11.6 Å². The smallest absolute Gasteiger partial charge is 0.264 e. The summed E-state index contributed by atoms with van der Waals surface area (Å²) in [6.45, 7) is 2.05. The van der Waals surface area contributed by atoms with E-state index in [1.807, 2.05) is 0 Å². The molecule has 1 aliphatic heterocycles. The fraction of sp³-hybridized carbons (Fsp3) is 0.296. The predicted molar refractivity (Wildman–Crippen MR) is 151 cm³/mol. The minimum absolute atomic E-state index is 0.0186. The Labute approximate surface area is 234 Å².